The van der Waals surface area contributed by atoms with Crippen molar-refractivity contribution in [1.29, 1.82) is 0 Å². The number of rotatable bonds is 4. The van der Waals surface area contributed by atoms with E-state index in [0.29, 0.717) is 0 Å². The molecule has 0 unspecified atom stereocenters. The van der Waals surface area contributed by atoms with Crippen molar-refractivity contribution >= 4 is 29.3 Å². The summed E-state index contributed by atoms with van der Waals surface area (Å²) in [6.45, 7) is 0. The molecule has 2 heteroatoms. The lowest BCUT2D eigenvalue weighted by Gasteiger charge is -2.14. The maximum atomic E-state index is 3.47. The van der Waals surface area contributed by atoms with Crippen LogP contribution in [-0.4, -0.2) is 7.41 Å². The molecule has 0 saturated heterocycles. The van der Waals surface area contributed by atoms with Gasteiger partial charge in [-0.2, -0.15) is 0 Å². The molecule has 1 nitrogen and oxygen atoms in total. The summed E-state index contributed by atoms with van der Waals surface area (Å²) in [6.07, 6.45) is 0. The third-order valence-corrected chi connectivity index (χ3v) is 4.20. The Labute approximate surface area is 143 Å². The maximum Gasteiger partial charge on any atom is 0.282 e. The van der Waals surface area contributed by atoms with Crippen LogP contribution in [0.2, 0.25) is 0 Å². The molecule has 0 fully saturated rings. The Morgan fingerprint density at radius 3 is 2.12 bits per heavy atom. The molecule has 113 valence electrons. The van der Waals surface area contributed by atoms with Crippen LogP contribution in [0.5, 0.6) is 0 Å². The minimum absolute atomic E-state index is 1.11. The van der Waals surface area contributed by atoms with Gasteiger partial charge in [0.2, 0.25) is 0 Å². The van der Waals surface area contributed by atoms with Gasteiger partial charge in [0.15, 0.2) is 0 Å². The first-order valence-electron chi connectivity index (χ1n) is 8.14. The number of anilines is 1. The molecule has 0 amide bonds. The van der Waals surface area contributed by atoms with Gasteiger partial charge >= 0.3 is 0 Å². The summed E-state index contributed by atoms with van der Waals surface area (Å²) in [5, 5.41) is 6.00. The van der Waals surface area contributed by atoms with Crippen LogP contribution in [0.3, 0.4) is 0 Å². The molecule has 0 aliphatic carbocycles. The average molecular weight is 306 g/mol. The Morgan fingerprint density at radius 2 is 1.21 bits per heavy atom. The molecule has 0 aromatic heterocycles. The van der Waals surface area contributed by atoms with Gasteiger partial charge in [0.05, 0.1) is 0 Å². The molecule has 0 aliphatic heterocycles. The van der Waals surface area contributed by atoms with E-state index in [1.54, 1.807) is 0 Å². The molecule has 4 aromatic carbocycles. The maximum absolute atomic E-state index is 3.47. The van der Waals surface area contributed by atoms with Crippen LogP contribution in [0.4, 0.5) is 5.69 Å². The largest absolute Gasteiger partial charge is 0.427 e. The molecular formula is C22H17BN. The Morgan fingerprint density at radius 1 is 0.542 bits per heavy atom. The third kappa shape index (κ3) is 2.91. The number of hydrogen-bond acceptors (Lipinski definition) is 1. The lowest BCUT2D eigenvalue weighted by Crippen LogP contribution is -2.22. The highest BCUT2D eigenvalue weighted by molar-refractivity contribution is 6.57. The first-order valence-corrected chi connectivity index (χ1v) is 8.14. The first-order chi connectivity index (χ1) is 11.9. The van der Waals surface area contributed by atoms with Gasteiger partial charge < -0.3 is 5.23 Å². The van der Waals surface area contributed by atoms with Crippen LogP contribution >= 0.6 is 0 Å². The van der Waals surface area contributed by atoms with E-state index in [0.717, 1.165) is 11.2 Å². The number of para-hydroxylation sites is 1. The lowest BCUT2D eigenvalue weighted by atomic mass is 9.82. The van der Waals surface area contributed by atoms with Crippen molar-refractivity contribution in [2.75, 3.05) is 5.23 Å². The molecule has 0 bridgehead atoms. The second-order valence-electron chi connectivity index (χ2n) is 5.77. The minimum Gasteiger partial charge on any atom is -0.427 e. The highest BCUT2D eigenvalue weighted by Gasteiger charge is 2.08. The van der Waals surface area contributed by atoms with Crippen molar-refractivity contribution in [3.63, 3.8) is 0 Å². The second-order valence-corrected chi connectivity index (χ2v) is 5.77. The Bertz CT molecular complexity index is 958. The quantitative estimate of drug-likeness (QED) is 0.531. The van der Waals surface area contributed by atoms with Gasteiger partial charge in [0.1, 0.15) is 0 Å². The van der Waals surface area contributed by atoms with Crippen molar-refractivity contribution in [2.45, 2.75) is 0 Å². The predicted octanol–water partition coefficient (Wildman–Crippen LogP) is 4.86. The van der Waals surface area contributed by atoms with E-state index in [2.05, 4.69) is 84.1 Å². The molecule has 0 atom stereocenters. The zero-order valence-electron chi connectivity index (χ0n) is 13.3. The van der Waals surface area contributed by atoms with E-state index in [1.807, 2.05) is 25.6 Å². The van der Waals surface area contributed by atoms with Crippen LogP contribution < -0.4 is 10.7 Å². The Kier molecular flexibility index (Phi) is 4.03. The SMILES string of the molecule is [B](Nc1ccccc1-c1cccc2ccccc12)c1ccccc1. The summed E-state index contributed by atoms with van der Waals surface area (Å²) in [4.78, 5) is 0. The van der Waals surface area contributed by atoms with Crippen molar-refractivity contribution < 1.29 is 0 Å². The van der Waals surface area contributed by atoms with E-state index in [4.69, 9.17) is 0 Å². The van der Waals surface area contributed by atoms with E-state index in [1.165, 1.54) is 21.9 Å². The fourth-order valence-electron chi connectivity index (χ4n) is 3.01. The smallest absolute Gasteiger partial charge is 0.282 e. The normalized spacial score (nSPS) is 10.5. The average Bonchev–Trinajstić information content (AvgIpc) is 2.67. The third-order valence-electron chi connectivity index (χ3n) is 4.20. The van der Waals surface area contributed by atoms with E-state index < -0.39 is 0 Å². The van der Waals surface area contributed by atoms with Gasteiger partial charge in [-0.25, -0.2) is 0 Å². The fraction of sp³-hybridized carbons (Fsp3) is 0. The van der Waals surface area contributed by atoms with Crippen LogP contribution in [0, 0.1) is 0 Å². The van der Waals surface area contributed by atoms with Gasteiger partial charge in [-0.05, 0) is 22.4 Å². The van der Waals surface area contributed by atoms with Crippen LogP contribution in [-0.2, 0) is 0 Å². The summed E-state index contributed by atoms with van der Waals surface area (Å²) in [6, 6.07) is 33.7. The van der Waals surface area contributed by atoms with E-state index in [-0.39, 0.29) is 0 Å². The topological polar surface area (TPSA) is 12.0 Å². The zero-order valence-corrected chi connectivity index (χ0v) is 13.3. The molecular weight excluding hydrogens is 289 g/mol. The lowest BCUT2D eigenvalue weighted by molar-refractivity contribution is 1.62. The summed E-state index contributed by atoms with van der Waals surface area (Å²) in [5.41, 5.74) is 4.72. The molecule has 4 rings (SSSR count). The molecule has 0 saturated carbocycles. The van der Waals surface area contributed by atoms with Gasteiger partial charge in [0.25, 0.3) is 7.41 Å². The summed E-state index contributed by atoms with van der Waals surface area (Å²) in [7, 11) is 2.05. The number of nitrogens with one attached hydrogen (secondary N) is 1. The number of fused-ring (bicyclic) bond motifs is 1. The molecule has 1 N–H and O–H groups in total. The number of benzene rings is 4. The van der Waals surface area contributed by atoms with E-state index >= 15 is 0 Å². The molecule has 24 heavy (non-hydrogen) atoms. The molecule has 1 radical (unpaired) electrons. The molecule has 0 heterocycles. The Balaban J connectivity index is 1.73. The van der Waals surface area contributed by atoms with Crippen molar-refractivity contribution in [2.24, 2.45) is 0 Å². The van der Waals surface area contributed by atoms with Crippen LogP contribution in [0.15, 0.2) is 97.1 Å². The summed E-state index contributed by atoms with van der Waals surface area (Å²) in [5.74, 6) is 0. The fourth-order valence-corrected chi connectivity index (χ4v) is 3.01. The van der Waals surface area contributed by atoms with Gasteiger partial charge in [-0.1, -0.05) is 96.5 Å². The predicted molar refractivity (Wildman–Crippen MR) is 105 cm³/mol. The standard InChI is InChI=1S/C22H17BN/c1-2-11-18(12-3-1)23-24-22-16-7-6-14-21(22)20-15-8-10-17-9-4-5-13-19(17)20/h1-16,24H. The highest BCUT2D eigenvalue weighted by atomic mass is 14.8. The van der Waals surface area contributed by atoms with Crippen LogP contribution in [0.1, 0.15) is 0 Å². The minimum atomic E-state index is 1.11. The molecule has 4 aromatic rings. The van der Waals surface area contributed by atoms with Crippen LogP contribution in [0.25, 0.3) is 21.9 Å². The molecule has 0 aliphatic rings. The number of hydrogen-bond donors (Lipinski definition) is 1. The summed E-state index contributed by atoms with van der Waals surface area (Å²) >= 11 is 0. The van der Waals surface area contributed by atoms with Crippen molar-refractivity contribution in [1.82, 2.24) is 0 Å². The first kappa shape index (κ1) is 14.6. The van der Waals surface area contributed by atoms with Crippen molar-refractivity contribution in [3.05, 3.63) is 97.1 Å². The van der Waals surface area contributed by atoms with Gasteiger partial charge in [-0.3, -0.25) is 0 Å². The summed E-state index contributed by atoms with van der Waals surface area (Å²) < 4.78 is 0. The second kappa shape index (κ2) is 6.63. The molecule has 0 spiro atoms. The zero-order chi connectivity index (χ0) is 16.2. The monoisotopic (exact) mass is 306 g/mol. The Hall–Kier alpha value is -3.00. The van der Waals surface area contributed by atoms with Gasteiger partial charge in [0, 0.05) is 11.3 Å². The van der Waals surface area contributed by atoms with Crippen molar-refractivity contribution in [3.8, 4) is 11.1 Å². The van der Waals surface area contributed by atoms with Gasteiger partial charge in [-0.15, -0.1) is 0 Å². The van der Waals surface area contributed by atoms with E-state index in [9.17, 15) is 0 Å². The highest BCUT2D eigenvalue weighted by Crippen LogP contribution is 2.33.